The van der Waals surface area contributed by atoms with Crippen LogP contribution in [0.2, 0.25) is 0 Å². The van der Waals surface area contributed by atoms with Gasteiger partial charge in [0.25, 0.3) is 0 Å². The molecular weight excluding hydrogens is 270 g/mol. The van der Waals surface area contributed by atoms with Crippen LogP contribution in [0.25, 0.3) is 0 Å². The third-order valence-electron chi connectivity index (χ3n) is 4.79. The first-order valence-electron chi connectivity index (χ1n) is 8.57. The van der Waals surface area contributed by atoms with Crippen molar-refractivity contribution in [1.82, 2.24) is 0 Å². The standard InChI is InChI=1S/C20H35NO/c1-14(2)15(3)19-16(11-12-17(13-21)22-7)9-8-10-18(19)20(4,5)6/h8-10,14-15,17H,11-13,21H2,1-7H3. The fourth-order valence-electron chi connectivity index (χ4n) is 3.00. The van der Waals surface area contributed by atoms with Gasteiger partial charge in [-0.25, -0.2) is 0 Å². The first kappa shape index (κ1) is 19.2. The van der Waals surface area contributed by atoms with E-state index in [-0.39, 0.29) is 11.5 Å². The van der Waals surface area contributed by atoms with Gasteiger partial charge in [0.15, 0.2) is 0 Å². The van der Waals surface area contributed by atoms with E-state index in [2.05, 4.69) is 59.7 Å². The van der Waals surface area contributed by atoms with E-state index >= 15 is 0 Å². The quantitative estimate of drug-likeness (QED) is 0.796. The van der Waals surface area contributed by atoms with Gasteiger partial charge in [-0.2, -0.15) is 0 Å². The van der Waals surface area contributed by atoms with Crippen LogP contribution in [0.3, 0.4) is 0 Å². The highest BCUT2D eigenvalue weighted by molar-refractivity contribution is 5.42. The molecule has 1 aromatic carbocycles. The summed E-state index contributed by atoms with van der Waals surface area (Å²) in [6.07, 6.45) is 2.17. The molecule has 0 radical (unpaired) electrons. The summed E-state index contributed by atoms with van der Waals surface area (Å²) in [6, 6.07) is 6.79. The van der Waals surface area contributed by atoms with E-state index in [1.54, 1.807) is 7.11 Å². The van der Waals surface area contributed by atoms with Gasteiger partial charge in [0, 0.05) is 13.7 Å². The van der Waals surface area contributed by atoms with Crippen LogP contribution in [-0.4, -0.2) is 19.8 Å². The van der Waals surface area contributed by atoms with E-state index in [0.29, 0.717) is 18.4 Å². The van der Waals surface area contributed by atoms with Crippen molar-refractivity contribution >= 4 is 0 Å². The van der Waals surface area contributed by atoms with Crippen molar-refractivity contribution in [2.45, 2.75) is 71.8 Å². The lowest BCUT2D eigenvalue weighted by atomic mass is 9.75. The Hall–Kier alpha value is -0.860. The topological polar surface area (TPSA) is 35.2 Å². The lowest BCUT2D eigenvalue weighted by Gasteiger charge is -2.30. The first-order valence-corrected chi connectivity index (χ1v) is 8.57. The van der Waals surface area contributed by atoms with Gasteiger partial charge in [0.2, 0.25) is 0 Å². The Balaban J connectivity index is 3.21. The minimum atomic E-state index is 0.153. The Bertz CT molecular complexity index is 455. The highest BCUT2D eigenvalue weighted by Gasteiger charge is 2.24. The van der Waals surface area contributed by atoms with Crippen LogP contribution in [0.5, 0.6) is 0 Å². The molecule has 2 atom stereocenters. The highest BCUT2D eigenvalue weighted by Crippen LogP contribution is 2.36. The molecule has 2 N–H and O–H groups in total. The molecule has 0 saturated heterocycles. The summed E-state index contributed by atoms with van der Waals surface area (Å²) < 4.78 is 5.44. The maximum Gasteiger partial charge on any atom is 0.0696 e. The van der Waals surface area contributed by atoms with Crippen molar-refractivity contribution in [2.75, 3.05) is 13.7 Å². The predicted molar refractivity (Wildman–Crippen MR) is 96.6 cm³/mol. The molecule has 0 bridgehead atoms. The molecule has 22 heavy (non-hydrogen) atoms. The van der Waals surface area contributed by atoms with Gasteiger partial charge < -0.3 is 10.5 Å². The third kappa shape index (κ3) is 4.82. The van der Waals surface area contributed by atoms with Crippen LogP contribution in [0, 0.1) is 5.92 Å². The number of aryl methyl sites for hydroxylation is 1. The average Bonchev–Trinajstić information content (AvgIpc) is 2.46. The van der Waals surface area contributed by atoms with Crippen LogP contribution in [0.15, 0.2) is 18.2 Å². The number of benzene rings is 1. The van der Waals surface area contributed by atoms with E-state index in [0.717, 1.165) is 12.8 Å². The zero-order valence-corrected chi connectivity index (χ0v) is 15.6. The largest absolute Gasteiger partial charge is 0.380 e. The molecule has 0 fully saturated rings. The fourth-order valence-corrected chi connectivity index (χ4v) is 3.00. The Kier molecular flexibility index (Phi) is 7.08. The number of ether oxygens (including phenoxy) is 1. The van der Waals surface area contributed by atoms with Gasteiger partial charge in [-0.1, -0.05) is 59.7 Å². The maximum atomic E-state index is 5.77. The molecule has 1 aromatic rings. The molecule has 2 unspecified atom stereocenters. The van der Waals surface area contributed by atoms with Crippen molar-refractivity contribution in [3.8, 4) is 0 Å². The number of hydrogen-bond donors (Lipinski definition) is 1. The van der Waals surface area contributed by atoms with E-state index in [1.165, 1.54) is 16.7 Å². The second-order valence-corrected chi connectivity index (χ2v) is 7.79. The first-order chi connectivity index (χ1) is 10.2. The lowest BCUT2D eigenvalue weighted by Crippen LogP contribution is -2.24. The zero-order chi connectivity index (χ0) is 16.9. The van der Waals surface area contributed by atoms with Gasteiger partial charge in [-0.15, -0.1) is 0 Å². The van der Waals surface area contributed by atoms with Crippen LogP contribution in [-0.2, 0) is 16.6 Å². The van der Waals surface area contributed by atoms with Crippen LogP contribution in [0.1, 0.15) is 70.6 Å². The summed E-state index contributed by atoms with van der Waals surface area (Å²) in [5, 5.41) is 0. The number of hydrogen-bond acceptors (Lipinski definition) is 2. The molecule has 0 aliphatic carbocycles. The predicted octanol–water partition coefficient (Wildman–Crippen LogP) is 4.65. The number of rotatable bonds is 7. The normalized spacial score (nSPS) is 15.1. The van der Waals surface area contributed by atoms with Crippen LogP contribution in [0.4, 0.5) is 0 Å². The number of methoxy groups -OCH3 is 1. The molecule has 0 spiro atoms. The van der Waals surface area contributed by atoms with E-state index in [1.807, 2.05) is 0 Å². The van der Waals surface area contributed by atoms with E-state index in [4.69, 9.17) is 10.5 Å². The molecule has 0 aliphatic rings. The fraction of sp³-hybridized carbons (Fsp3) is 0.700. The molecule has 0 heterocycles. The monoisotopic (exact) mass is 305 g/mol. The molecule has 0 amide bonds. The molecule has 2 nitrogen and oxygen atoms in total. The van der Waals surface area contributed by atoms with Gasteiger partial charge in [0.05, 0.1) is 6.10 Å². The summed E-state index contributed by atoms with van der Waals surface area (Å²) in [4.78, 5) is 0. The summed E-state index contributed by atoms with van der Waals surface area (Å²) in [6.45, 7) is 14.5. The van der Waals surface area contributed by atoms with Crippen molar-refractivity contribution in [3.05, 3.63) is 34.9 Å². The van der Waals surface area contributed by atoms with Crippen molar-refractivity contribution in [2.24, 2.45) is 11.7 Å². The Morgan fingerprint density at radius 2 is 1.77 bits per heavy atom. The van der Waals surface area contributed by atoms with Gasteiger partial charge in [-0.05, 0) is 46.8 Å². The van der Waals surface area contributed by atoms with Crippen LogP contribution >= 0.6 is 0 Å². The molecule has 2 heteroatoms. The van der Waals surface area contributed by atoms with Gasteiger partial charge in [0.1, 0.15) is 0 Å². The minimum Gasteiger partial charge on any atom is -0.380 e. The average molecular weight is 306 g/mol. The summed E-state index contributed by atoms with van der Waals surface area (Å²) >= 11 is 0. The Morgan fingerprint density at radius 3 is 2.23 bits per heavy atom. The molecule has 0 aromatic heterocycles. The summed E-state index contributed by atoms with van der Waals surface area (Å²) in [5.74, 6) is 1.19. The minimum absolute atomic E-state index is 0.153. The Morgan fingerprint density at radius 1 is 1.14 bits per heavy atom. The molecular formula is C20H35NO. The third-order valence-corrected chi connectivity index (χ3v) is 4.79. The van der Waals surface area contributed by atoms with Crippen molar-refractivity contribution in [1.29, 1.82) is 0 Å². The molecule has 0 saturated carbocycles. The number of nitrogens with two attached hydrogens (primary N) is 1. The van der Waals surface area contributed by atoms with E-state index in [9.17, 15) is 0 Å². The maximum absolute atomic E-state index is 5.77. The van der Waals surface area contributed by atoms with Gasteiger partial charge >= 0.3 is 0 Å². The van der Waals surface area contributed by atoms with E-state index < -0.39 is 0 Å². The van der Waals surface area contributed by atoms with Crippen molar-refractivity contribution < 1.29 is 4.74 Å². The molecule has 1 rings (SSSR count). The summed E-state index contributed by atoms with van der Waals surface area (Å²) in [5.41, 5.74) is 10.4. The smallest absolute Gasteiger partial charge is 0.0696 e. The van der Waals surface area contributed by atoms with Crippen molar-refractivity contribution in [3.63, 3.8) is 0 Å². The lowest BCUT2D eigenvalue weighted by molar-refractivity contribution is 0.102. The van der Waals surface area contributed by atoms with Gasteiger partial charge in [-0.3, -0.25) is 0 Å². The zero-order valence-electron chi connectivity index (χ0n) is 15.6. The van der Waals surface area contributed by atoms with Crippen LogP contribution < -0.4 is 5.73 Å². The SMILES string of the molecule is COC(CN)CCc1cccc(C(C)(C)C)c1C(C)C(C)C. The highest BCUT2D eigenvalue weighted by atomic mass is 16.5. The second-order valence-electron chi connectivity index (χ2n) is 7.79. The molecule has 0 aliphatic heterocycles. The second kappa shape index (κ2) is 8.12. The molecule has 126 valence electrons. The Labute approximate surface area is 137 Å². The summed E-state index contributed by atoms with van der Waals surface area (Å²) in [7, 11) is 1.75.